The average Bonchev–Trinajstić information content (AvgIpc) is 3.45. The summed E-state index contributed by atoms with van der Waals surface area (Å²) in [4.78, 5) is 42.5. The molecule has 1 aromatic carbocycles. The molecule has 1 spiro atoms. The van der Waals surface area contributed by atoms with Crippen LogP contribution in [0.4, 0.5) is 5.13 Å². The van der Waals surface area contributed by atoms with Gasteiger partial charge in [0.15, 0.2) is 0 Å². The zero-order chi connectivity index (χ0) is 29.5. The quantitative estimate of drug-likeness (QED) is 0.439. The molecule has 0 aliphatic carbocycles. The highest BCUT2D eigenvalue weighted by Crippen LogP contribution is 2.36. The van der Waals surface area contributed by atoms with Crippen LogP contribution < -0.4 is 16.0 Å². The minimum atomic E-state index is -0.671. The zero-order valence-corrected chi connectivity index (χ0v) is 25.3. The number of fused-ring (bicyclic) bond motifs is 1. The number of amides is 3. The number of carbonyl (C=O) groups is 3. The molecule has 4 heterocycles. The van der Waals surface area contributed by atoms with Gasteiger partial charge in [0.25, 0.3) is 0 Å². The van der Waals surface area contributed by atoms with E-state index in [1.165, 1.54) is 11.3 Å². The molecule has 10 nitrogen and oxygen atoms in total. The third-order valence-corrected chi connectivity index (χ3v) is 9.78. The van der Waals surface area contributed by atoms with E-state index in [2.05, 4.69) is 43.2 Å². The van der Waals surface area contributed by atoms with E-state index in [0.717, 1.165) is 23.4 Å². The van der Waals surface area contributed by atoms with Crippen molar-refractivity contribution >= 4 is 34.2 Å². The summed E-state index contributed by atoms with van der Waals surface area (Å²) in [6.45, 7) is 6.80. The van der Waals surface area contributed by atoms with E-state index in [4.69, 9.17) is 4.74 Å². The Morgan fingerprint density at radius 3 is 2.67 bits per heavy atom. The molecule has 226 valence electrons. The van der Waals surface area contributed by atoms with Gasteiger partial charge in [-0.3, -0.25) is 24.6 Å². The highest BCUT2D eigenvalue weighted by atomic mass is 32.1. The summed E-state index contributed by atoms with van der Waals surface area (Å²) in [6, 6.07) is 9.10. The molecule has 42 heavy (non-hydrogen) atoms. The smallest absolute Gasteiger partial charge is 0.243 e. The number of anilines is 1. The van der Waals surface area contributed by atoms with Crippen molar-refractivity contribution in [3.8, 4) is 0 Å². The molecule has 3 atom stereocenters. The van der Waals surface area contributed by atoms with Crippen molar-refractivity contribution < 1.29 is 19.1 Å². The number of aromatic nitrogens is 2. The Kier molecular flexibility index (Phi) is 10.0. The first-order valence-electron chi connectivity index (χ1n) is 15.0. The number of hydrogen-bond donors (Lipinski definition) is 3. The molecular formula is C31H42N6O4S. The molecule has 0 bridgehead atoms. The number of nitrogens with zero attached hydrogens (tertiary/aromatic N) is 3. The normalized spacial score (nSPS) is 25.9. The Balaban J connectivity index is 1.30. The van der Waals surface area contributed by atoms with Gasteiger partial charge in [-0.1, -0.05) is 67.7 Å². The molecule has 2 fully saturated rings. The van der Waals surface area contributed by atoms with E-state index in [1.54, 1.807) is 0 Å². The minimum Gasteiger partial charge on any atom is -0.381 e. The highest BCUT2D eigenvalue weighted by Gasteiger charge is 2.41. The van der Waals surface area contributed by atoms with Crippen LogP contribution in [0.2, 0.25) is 0 Å². The van der Waals surface area contributed by atoms with Gasteiger partial charge in [0, 0.05) is 44.7 Å². The monoisotopic (exact) mass is 594 g/mol. The van der Waals surface area contributed by atoms with Gasteiger partial charge < -0.3 is 15.4 Å². The summed E-state index contributed by atoms with van der Waals surface area (Å²) in [5, 5.41) is 19.0. The molecule has 3 amide bonds. The first-order chi connectivity index (χ1) is 20.3. The van der Waals surface area contributed by atoms with Gasteiger partial charge in [0.05, 0.1) is 12.0 Å². The topological polar surface area (TPSA) is 126 Å². The van der Waals surface area contributed by atoms with Crippen LogP contribution in [0.25, 0.3) is 0 Å². The summed E-state index contributed by atoms with van der Waals surface area (Å²) in [5.41, 5.74) is 0.415. The van der Waals surface area contributed by atoms with Crippen LogP contribution in [0.3, 0.4) is 0 Å². The highest BCUT2D eigenvalue weighted by molar-refractivity contribution is 7.15. The lowest BCUT2D eigenvalue weighted by Gasteiger charge is -2.40. The molecule has 0 saturated carbocycles. The molecule has 2 saturated heterocycles. The van der Waals surface area contributed by atoms with Gasteiger partial charge in [-0.15, -0.1) is 10.2 Å². The predicted molar refractivity (Wildman–Crippen MR) is 162 cm³/mol. The fourth-order valence-electron chi connectivity index (χ4n) is 6.08. The number of hydrogen-bond acceptors (Lipinski definition) is 8. The second-order valence-electron chi connectivity index (χ2n) is 12.1. The van der Waals surface area contributed by atoms with Crippen LogP contribution in [-0.4, -0.2) is 77.8 Å². The molecule has 3 N–H and O–H groups in total. The Bertz CT molecular complexity index is 1260. The fourth-order valence-corrected chi connectivity index (χ4v) is 6.84. The Labute approximate surface area is 251 Å². The summed E-state index contributed by atoms with van der Waals surface area (Å²) in [6.07, 6.45) is 8.06. The predicted octanol–water partition coefficient (Wildman–Crippen LogP) is 3.28. The van der Waals surface area contributed by atoms with Crippen LogP contribution in [0.15, 0.2) is 42.5 Å². The van der Waals surface area contributed by atoms with Gasteiger partial charge in [-0.05, 0) is 43.6 Å². The van der Waals surface area contributed by atoms with Gasteiger partial charge >= 0.3 is 0 Å². The molecule has 3 aliphatic rings. The lowest BCUT2D eigenvalue weighted by atomic mass is 9.75. The van der Waals surface area contributed by atoms with E-state index >= 15 is 0 Å². The number of rotatable bonds is 6. The second-order valence-corrected chi connectivity index (χ2v) is 13.1. The van der Waals surface area contributed by atoms with Crippen LogP contribution in [0.1, 0.15) is 62.4 Å². The van der Waals surface area contributed by atoms with Crippen molar-refractivity contribution in [1.29, 1.82) is 0 Å². The van der Waals surface area contributed by atoms with Gasteiger partial charge in [0.2, 0.25) is 22.9 Å². The van der Waals surface area contributed by atoms with E-state index < -0.39 is 11.5 Å². The number of benzene rings is 1. The lowest BCUT2D eigenvalue weighted by Crippen LogP contribution is -2.58. The number of likely N-dealkylation sites (tertiary alicyclic amines) is 1. The van der Waals surface area contributed by atoms with Crippen molar-refractivity contribution in [2.75, 3.05) is 38.2 Å². The van der Waals surface area contributed by atoms with Gasteiger partial charge in [-0.25, -0.2) is 0 Å². The molecule has 2 aromatic rings. The first-order valence-corrected chi connectivity index (χ1v) is 15.9. The summed E-state index contributed by atoms with van der Waals surface area (Å²) in [7, 11) is 0. The summed E-state index contributed by atoms with van der Waals surface area (Å²) < 4.78 is 5.60. The molecule has 11 heteroatoms. The molecule has 5 rings (SSSR count). The standard InChI is InChI=1S/C31H42N6O4S/c1-21(2)28-35-36-30(42-28)34-26(38)20-37-15-11-24-23(19-37)10-6-7-12-31(13-16-41-17-14-31)29(40)33-25(27(39)32-24)18-22-8-4-3-5-9-22/h3-9,21,23-25H,10-20H2,1-2H3,(H,32,39)(H,33,40)(H,34,36,38)/b7-6+/t23-,24+,25-/m0/s1. The largest absolute Gasteiger partial charge is 0.381 e. The summed E-state index contributed by atoms with van der Waals surface area (Å²) in [5.74, 6) is 0.0648. The van der Waals surface area contributed by atoms with Gasteiger partial charge in [-0.2, -0.15) is 0 Å². The lowest BCUT2D eigenvalue weighted by molar-refractivity contribution is -0.140. The van der Waals surface area contributed by atoms with E-state index in [9.17, 15) is 14.4 Å². The Morgan fingerprint density at radius 1 is 1.14 bits per heavy atom. The van der Waals surface area contributed by atoms with E-state index in [1.807, 2.05) is 44.2 Å². The first kappa shape index (κ1) is 30.3. The van der Waals surface area contributed by atoms with E-state index in [-0.39, 0.29) is 42.1 Å². The van der Waals surface area contributed by atoms with Crippen molar-refractivity contribution in [2.45, 2.75) is 70.4 Å². The van der Waals surface area contributed by atoms with Crippen molar-refractivity contribution in [2.24, 2.45) is 11.3 Å². The third-order valence-electron chi connectivity index (χ3n) is 8.64. The molecule has 3 aliphatic heterocycles. The average molecular weight is 595 g/mol. The van der Waals surface area contributed by atoms with E-state index in [0.29, 0.717) is 57.1 Å². The van der Waals surface area contributed by atoms with Crippen LogP contribution in [-0.2, 0) is 25.5 Å². The van der Waals surface area contributed by atoms with Crippen LogP contribution in [0, 0.1) is 11.3 Å². The maximum absolute atomic E-state index is 13.8. The zero-order valence-electron chi connectivity index (χ0n) is 24.5. The number of allylic oxidation sites excluding steroid dienone is 2. The minimum absolute atomic E-state index is 0.0510. The maximum Gasteiger partial charge on any atom is 0.243 e. The number of ether oxygens (including phenoxy) is 1. The second kappa shape index (κ2) is 13.9. The molecule has 0 radical (unpaired) electrons. The molecular weight excluding hydrogens is 552 g/mol. The van der Waals surface area contributed by atoms with Gasteiger partial charge in [0.1, 0.15) is 11.0 Å². The summed E-state index contributed by atoms with van der Waals surface area (Å²) >= 11 is 1.41. The Morgan fingerprint density at radius 2 is 1.93 bits per heavy atom. The molecule has 0 unspecified atom stereocenters. The number of carbonyl (C=O) groups excluding carboxylic acids is 3. The van der Waals surface area contributed by atoms with Crippen molar-refractivity contribution in [3.63, 3.8) is 0 Å². The molecule has 1 aromatic heterocycles. The van der Waals surface area contributed by atoms with Crippen molar-refractivity contribution in [3.05, 3.63) is 53.1 Å². The number of piperidine rings is 1. The Hall–Kier alpha value is -3.15. The van der Waals surface area contributed by atoms with Crippen molar-refractivity contribution in [1.82, 2.24) is 25.7 Å². The van der Waals surface area contributed by atoms with Crippen LogP contribution >= 0.6 is 11.3 Å². The fraction of sp³-hybridized carbons (Fsp3) is 0.581. The third kappa shape index (κ3) is 7.62. The number of nitrogens with one attached hydrogen (secondary N) is 3. The SMILES string of the molecule is CC(C)c1nnc(NC(=O)CN2CC[C@H]3NC(=O)[C@H](Cc4ccccc4)NC(=O)C4(C/C=C/C[C@H]3C2)CCOCC4)s1. The maximum atomic E-state index is 13.8. The van der Waals surface area contributed by atoms with Crippen LogP contribution in [0.5, 0.6) is 0 Å².